The van der Waals surface area contributed by atoms with Gasteiger partial charge in [-0.1, -0.05) is 29.8 Å². The molecule has 3 aromatic rings. The average molecular weight is 487 g/mol. The van der Waals surface area contributed by atoms with Crippen molar-refractivity contribution in [2.24, 2.45) is 5.10 Å². The minimum absolute atomic E-state index is 0.0126. The van der Waals surface area contributed by atoms with Crippen molar-refractivity contribution in [1.29, 1.82) is 0 Å². The van der Waals surface area contributed by atoms with Crippen LogP contribution in [-0.4, -0.2) is 32.9 Å². The highest BCUT2D eigenvalue weighted by molar-refractivity contribution is 6.32. The number of nitrogens with zero attached hydrogens (tertiary/aromatic N) is 1. The van der Waals surface area contributed by atoms with Crippen molar-refractivity contribution in [3.8, 4) is 23.0 Å². The van der Waals surface area contributed by atoms with E-state index in [0.29, 0.717) is 46.3 Å². The molecule has 0 saturated carbocycles. The highest BCUT2D eigenvalue weighted by Crippen LogP contribution is 2.37. The molecular weight excluding hydrogens is 463 g/mol. The maximum atomic E-state index is 13.9. The van der Waals surface area contributed by atoms with Crippen LogP contribution in [0.4, 0.5) is 4.39 Å². The molecule has 178 valence electrons. The molecule has 1 amide bonds. The zero-order valence-electron chi connectivity index (χ0n) is 18.9. The van der Waals surface area contributed by atoms with Crippen LogP contribution in [0.15, 0.2) is 59.7 Å². The van der Waals surface area contributed by atoms with E-state index in [1.165, 1.54) is 26.5 Å². The molecule has 0 heterocycles. The first-order chi connectivity index (χ1) is 16.5. The SMILES string of the molecule is CCOc1cc(/C=N/NC(=O)c2ccc(OC)c(OC)c2)cc(Cl)c1OCc1ccccc1F. The maximum Gasteiger partial charge on any atom is 0.271 e. The van der Waals surface area contributed by atoms with E-state index in [2.05, 4.69) is 10.5 Å². The number of amides is 1. The number of benzene rings is 3. The topological polar surface area (TPSA) is 78.4 Å². The summed E-state index contributed by atoms with van der Waals surface area (Å²) < 4.78 is 35.7. The normalized spacial score (nSPS) is 10.7. The van der Waals surface area contributed by atoms with Crippen molar-refractivity contribution in [3.63, 3.8) is 0 Å². The molecule has 9 heteroatoms. The van der Waals surface area contributed by atoms with Crippen LogP contribution in [0.3, 0.4) is 0 Å². The smallest absolute Gasteiger partial charge is 0.271 e. The standard InChI is InChI=1S/C25H24ClFN2O5/c1-4-33-23-12-16(11-19(26)24(23)34-15-18-7-5-6-8-20(18)27)14-28-29-25(30)17-9-10-21(31-2)22(13-17)32-3/h5-14H,4,15H2,1-3H3,(H,29,30)/b28-14+. The van der Waals surface area contributed by atoms with Crippen molar-refractivity contribution in [2.45, 2.75) is 13.5 Å². The molecule has 0 unspecified atom stereocenters. The lowest BCUT2D eigenvalue weighted by Gasteiger charge is -2.14. The van der Waals surface area contributed by atoms with Crippen LogP contribution in [-0.2, 0) is 6.61 Å². The van der Waals surface area contributed by atoms with Gasteiger partial charge in [0.1, 0.15) is 12.4 Å². The molecule has 0 aromatic heterocycles. The van der Waals surface area contributed by atoms with Gasteiger partial charge in [0.2, 0.25) is 0 Å². The number of rotatable bonds is 10. The molecule has 0 radical (unpaired) electrons. The molecule has 0 spiro atoms. The van der Waals surface area contributed by atoms with Crippen molar-refractivity contribution in [1.82, 2.24) is 5.43 Å². The highest BCUT2D eigenvalue weighted by Gasteiger charge is 2.14. The van der Waals surface area contributed by atoms with Crippen LogP contribution in [0.1, 0.15) is 28.4 Å². The first-order valence-electron chi connectivity index (χ1n) is 10.3. The number of carbonyl (C=O) groups is 1. The van der Waals surface area contributed by atoms with E-state index in [1.807, 2.05) is 6.92 Å². The van der Waals surface area contributed by atoms with Crippen molar-refractivity contribution in [3.05, 3.63) is 82.1 Å². The predicted octanol–water partition coefficient (Wildman–Crippen LogP) is 5.24. The molecule has 0 aliphatic carbocycles. The summed E-state index contributed by atoms with van der Waals surface area (Å²) in [7, 11) is 3.00. The molecule has 0 fully saturated rings. The molecule has 0 aliphatic rings. The van der Waals surface area contributed by atoms with Crippen molar-refractivity contribution < 1.29 is 28.1 Å². The Morgan fingerprint density at radius 3 is 2.50 bits per heavy atom. The van der Waals surface area contributed by atoms with E-state index in [-0.39, 0.29) is 17.4 Å². The Kier molecular flexibility index (Phi) is 8.70. The zero-order chi connectivity index (χ0) is 24.5. The Labute approximate surface area is 202 Å². The van der Waals surface area contributed by atoms with Gasteiger partial charge in [0.05, 0.1) is 32.1 Å². The van der Waals surface area contributed by atoms with Crippen LogP contribution in [0.25, 0.3) is 0 Å². The minimum Gasteiger partial charge on any atom is -0.493 e. The Balaban J connectivity index is 1.73. The number of nitrogens with one attached hydrogen (secondary N) is 1. The van der Waals surface area contributed by atoms with Crippen LogP contribution >= 0.6 is 11.6 Å². The lowest BCUT2D eigenvalue weighted by molar-refractivity contribution is 0.0954. The quantitative estimate of drug-likeness (QED) is 0.313. The molecular formula is C25H24ClFN2O5. The van der Waals surface area contributed by atoms with Gasteiger partial charge in [-0.3, -0.25) is 4.79 Å². The monoisotopic (exact) mass is 486 g/mol. The summed E-state index contributed by atoms with van der Waals surface area (Å²) in [5.74, 6) is 0.803. The number of hydrogen-bond acceptors (Lipinski definition) is 6. The van der Waals surface area contributed by atoms with Gasteiger partial charge in [-0.05, 0) is 48.9 Å². The fourth-order valence-corrected chi connectivity index (χ4v) is 3.31. The summed E-state index contributed by atoms with van der Waals surface area (Å²) in [5.41, 5.74) is 3.76. The number of methoxy groups -OCH3 is 2. The molecule has 0 saturated heterocycles. The van der Waals surface area contributed by atoms with Gasteiger partial charge in [-0.15, -0.1) is 0 Å². The number of hydrogen-bond donors (Lipinski definition) is 1. The largest absolute Gasteiger partial charge is 0.493 e. The van der Waals surface area contributed by atoms with E-state index in [9.17, 15) is 9.18 Å². The lowest BCUT2D eigenvalue weighted by Crippen LogP contribution is -2.17. The fraction of sp³-hybridized carbons (Fsp3) is 0.200. The second-order valence-electron chi connectivity index (χ2n) is 6.91. The lowest BCUT2D eigenvalue weighted by atomic mass is 10.2. The summed E-state index contributed by atoms with van der Waals surface area (Å²) in [5, 5.41) is 4.25. The summed E-state index contributed by atoms with van der Waals surface area (Å²) in [6.45, 7) is 2.17. The van der Waals surface area contributed by atoms with Gasteiger partial charge in [0, 0.05) is 11.1 Å². The molecule has 3 aromatic carbocycles. The summed E-state index contributed by atoms with van der Waals surface area (Å²) >= 11 is 6.40. The Morgan fingerprint density at radius 2 is 1.79 bits per heavy atom. The zero-order valence-corrected chi connectivity index (χ0v) is 19.7. The average Bonchev–Trinajstić information content (AvgIpc) is 2.84. The Hall–Kier alpha value is -3.78. The third kappa shape index (κ3) is 6.17. The van der Waals surface area contributed by atoms with Crippen LogP contribution < -0.4 is 24.4 Å². The molecule has 3 rings (SSSR count). The van der Waals surface area contributed by atoms with Gasteiger partial charge in [0.25, 0.3) is 5.91 Å². The summed E-state index contributed by atoms with van der Waals surface area (Å²) in [6, 6.07) is 14.4. The van der Waals surface area contributed by atoms with E-state index in [0.717, 1.165) is 0 Å². The third-order valence-electron chi connectivity index (χ3n) is 4.69. The van der Waals surface area contributed by atoms with Crippen molar-refractivity contribution in [2.75, 3.05) is 20.8 Å². The van der Waals surface area contributed by atoms with Gasteiger partial charge in [0.15, 0.2) is 23.0 Å². The van der Waals surface area contributed by atoms with Gasteiger partial charge < -0.3 is 18.9 Å². The summed E-state index contributed by atoms with van der Waals surface area (Å²) in [6.07, 6.45) is 1.42. The molecule has 1 N–H and O–H groups in total. The Morgan fingerprint density at radius 1 is 1.03 bits per heavy atom. The Bertz CT molecular complexity index is 1190. The third-order valence-corrected chi connectivity index (χ3v) is 4.97. The van der Waals surface area contributed by atoms with E-state index in [1.54, 1.807) is 48.5 Å². The second kappa shape index (κ2) is 11.9. The van der Waals surface area contributed by atoms with Crippen LogP contribution in [0.2, 0.25) is 5.02 Å². The van der Waals surface area contributed by atoms with Gasteiger partial charge in [-0.2, -0.15) is 5.10 Å². The van der Waals surface area contributed by atoms with E-state index >= 15 is 0 Å². The molecule has 0 atom stereocenters. The molecule has 7 nitrogen and oxygen atoms in total. The molecule has 0 bridgehead atoms. The number of hydrazone groups is 1. The molecule has 34 heavy (non-hydrogen) atoms. The van der Waals surface area contributed by atoms with Gasteiger partial charge >= 0.3 is 0 Å². The highest BCUT2D eigenvalue weighted by atomic mass is 35.5. The predicted molar refractivity (Wildman–Crippen MR) is 128 cm³/mol. The molecule has 0 aliphatic heterocycles. The second-order valence-corrected chi connectivity index (χ2v) is 7.32. The maximum absolute atomic E-state index is 13.9. The fourth-order valence-electron chi connectivity index (χ4n) is 3.04. The van der Waals surface area contributed by atoms with Crippen LogP contribution in [0.5, 0.6) is 23.0 Å². The number of halogens is 2. The van der Waals surface area contributed by atoms with Crippen LogP contribution in [0, 0.1) is 5.82 Å². The first kappa shape index (κ1) is 24.9. The summed E-state index contributed by atoms with van der Waals surface area (Å²) in [4.78, 5) is 12.4. The van der Waals surface area contributed by atoms with Gasteiger partial charge in [-0.25, -0.2) is 9.82 Å². The minimum atomic E-state index is -0.432. The first-order valence-corrected chi connectivity index (χ1v) is 10.7. The number of ether oxygens (including phenoxy) is 4. The van der Waals surface area contributed by atoms with E-state index in [4.69, 9.17) is 30.5 Å². The van der Waals surface area contributed by atoms with Crippen molar-refractivity contribution >= 4 is 23.7 Å². The van der Waals surface area contributed by atoms with E-state index < -0.39 is 5.91 Å². The number of carbonyl (C=O) groups excluding carboxylic acids is 1.